The van der Waals surface area contributed by atoms with Gasteiger partial charge in [-0.1, -0.05) is 60.7 Å². The molecule has 0 bridgehead atoms. The minimum absolute atomic E-state index is 0.0207. The Morgan fingerprint density at radius 2 is 0.908 bits per heavy atom. The zero-order chi connectivity index (χ0) is 55.1. The Morgan fingerprint density at radius 1 is 0.553 bits per heavy atom. The number of rotatable bonds is 30. The minimum atomic E-state index is -3.73. The normalized spacial score (nSPS) is 14.4. The number of ether oxygens (including phenoxy) is 2. The number of benzene rings is 6. The Kier molecular flexibility index (Phi) is 20.0. The molecule has 0 saturated carbocycles. The lowest BCUT2D eigenvalue weighted by molar-refractivity contribution is -0.114. The van der Waals surface area contributed by atoms with E-state index in [0.717, 1.165) is 25.1 Å². The zero-order valence-electron chi connectivity index (χ0n) is 41.8. The van der Waals surface area contributed by atoms with Crippen molar-refractivity contribution < 1.29 is 69.9 Å². The smallest absolute Gasteiger partial charge is 0.319 e. The number of aliphatic hydroxyl groups excluding tert-OH is 2. The van der Waals surface area contributed by atoms with E-state index in [2.05, 4.69) is 30.7 Å². The van der Waals surface area contributed by atoms with Gasteiger partial charge in [-0.15, -0.1) is 0 Å². The van der Waals surface area contributed by atoms with Crippen LogP contribution in [0.25, 0.3) is 0 Å². The van der Waals surface area contributed by atoms with Crippen LogP contribution in [0.1, 0.15) is 45.6 Å². The molecule has 0 amide bonds. The van der Waals surface area contributed by atoms with Gasteiger partial charge in [-0.05, 0) is 106 Å². The molecule has 21 nitrogen and oxygen atoms in total. The van der Waals surface area contributed by atoms with Crippen molar-refractivity contribution in [3.63, 3.8) is 0 Å². The molecule has 406 valence electrons. The highest BCUT2D eigenvalue weighted by atomic mass is 32.2. The molecule has 0 radical (unpaired) electrons. The van der Waals surface area contributed by atoms with E-state index in [1.807, 2.05) is 0 Å². The standard InChI is InChI=1S/C52H61N6O15PS2/c1-70-43-19-11-39(12-20-43)51(33-59,55-27-49(63)37-9-23-47(61)45(25-37)57-75(3,66)67)31-53-41-15-5-35(6-16-41)29-72-74(65)73-30-36-7-17-42(18-8-36)54-32-52(34-60,40-13-21-44(71-2)22-14-40)56-28-50(64)38-10-24-48(62)46(26-38)58-76(4,68)69/h5-26,33-34,49-50,53-58,61-64,74H,27-32H2,1-4H3. The highest BCUT2D eigenvalue weighted by Crippen LogP contribution is 2.33. The summed E-state index contributed by atoms with van der Waals surface area (Å²) in [5.41, 5.74) is 1.29. The summed E-state index contributed by atoms with van der Waals surface area (Å²) in [6.07, 6.45) is 0.852. The number of aromatic hydroxyl groups is 2. The van der Waals surface area contributed by atoms with Crippen molar-refractivity contribution in [3.05, 3.63) is 167 Å². The van der Waals surface area contributed by atoms with Crippen LogP contribution in [0.4, 0.5) is 22.7 Å². The van der Waals surface area contributed by atoms with Crippen molar-refractivity contribution in [1.82, 2.24) is 10.6 Å². The number of nitrogens with one attached hydrogen (secondary N) is 6. The number of methoxy groups -OCH3 is 2. The molecular formula is C52H61N6O15PS2. The molecule has 24 heteroatoms. The fourth-order valence-corrected chi connectivity index (χ4v) is 9.52. The van der Waals surface area contributed by atoms with Gasteiger partial charge in [0.1, 0.15) is 46.6 Å². The van der Waals surface area contributed by atoms with E-state index in [1.54, 1.807) is 97.1 Å². The van der Waals surface area contributed by atoms with Gasteiger partial charge in [-0.3, -0.25) is 24.6 Å². The summed E-state index contributed by atoms with van der Waals surface area (Å²) in [5, 5.41) is 55.5. The first kappa shape index (κ1) is 58.2. The molecule has 6 aromatic carbocycles. The van der Waals surface area contributed by atoms with Crippen LogP contribution in [-0.4, -0.2) is 103 Å². The maximum absolute atomic E-state index is 13.0. The molecule has 0 aliphatic carbocycles. The maximum atomic E-state index is 13.0. The summed E-state index contributed by atoms with van der Waals surface area (Å²) >= 11 is 0. The number of hydrogen-bond acceptors (Lipinski definition) is 19. The van der Waals surface area contributed by atoms with Gasteiger partial charge in [-0.2, -0.15) is 0 Å². The van der Waals surface area contributed by atoms with E-state index in [9.17, 15) is 51.4 Å². The predicted molar refractivity (Wildman–Crippen MR) is 289 cm³/mol. The molecule has 0 spiro atoms. The number of anilines is 4. The number of sulfonamides is 2. The number of aldehydes is 2. The fraction of sp³-hybridized carbons (Fsp3) is 0.269. The van der Waals surface area contributed by atoms with Crippen molar-refractivity contribution in [2.75, 3.05) is 73.0 Å². The van der Waals surface area contributed by atoms with Crippen LogP contribution in [0.15, 0.2) is 133 Å². The van der Waals surface area contributed by atoms with Crippen LogP contribution in [0.5, 0.6) is 23.0 Å². The predicted octanol–water partition coefficient (Wildman–Crippen LogP) is 5.64. The Morgan fingerprint density at radius 3 is 1.22 bits per heavy atom. The monoisotopic (exact) mass is 1100 g/mol. The average molecular weight is 1110 g/mol. The van der Waals surface area contributed by atoms with Gasteiger partial charge in [0.25, 0.3) is 0 Å². The van der Waals surface area contributed by atoms with Crippen LogP contribution in [0.3, 0.4) is 0 Å². The van der Waals surface area contributed by atoms with E-state index in [-0.39, 0.29) is 73.4 Å². The summed E-state index contributed by atoms with van der Waals surface area (Å²) in [7, 11) is -7.38. The lowest BCUT2D eigenvalue weighted by Crippen LogP contribution is -2.50. The van der Waals surface area contributed by atoms with Gasteiger partial charge in [-0.25, -0.2) is 16.8 Å². The molecule has 0 aliphatic heterocycles. The Hall–Kier alpha value is -7.05. The third kappa shape index (κ3) is 16.5. The molecule has 0 saturated heterocycles. The lowest BCUT2D eigenvalue weighted by Gasteiger charge is -2.32. The molecule has 4 unspecified atom stereocenters. The van der Waals surface area contributed by atoms with Gasteiger partial charge in [0.15, 0.2) is 0 Å². The van der Waals surface area contributed by atoms with E-state index in [0.29, 0.717) is 45.1 Å². The molecule has 0 aromatic heterocycles. The minimum Gasteiger partial charge on any atom is -0.506 e. The lowest BCUT2D eigenvalue weighted by atomic mass is 9.90. The number of carbonyl (C=O) groups excluding carboxylic acids is 2. The van der Waals surface area contributed by atoms with Crippen molar-refractivity contribution in [2.24, 2.45) is 0 Å². The SMILES string of the molecule is COc1ccc(C(C=O)(CNc2ccc(CO[PH](=O)OCc3ccc(NCC(C=O)(NCC(O)c4ccc(O)c(NS(C)(=O)=O)c4)c4ccc(OC)cc4)cc3)cc2)NCC(O)c2ccc(O)c(NS(C)(=O)=O)c2)cc1. The number of carbonyl (C=O) groups is 2. The molecule has 6 aromatic rings. The summed E-state index contributed by atoms with van der Waals surface area (Å²) in [6.45, 7) is -0.321. The topological polar surface area (TPSA) is 310 Å². The molecule has 0 heterocycles. The maximum Gasteiger partial charge on any atom is 0.319 e. The summed E-state index contributed by atoms with van der Waals surface area (Å²) in [5.74, 6) is 0.467. The molecule has 10 N–H and O–H groups in total. The van der Waals surface area contributed by atoms with E-state index in [1.165, 1.54) is 50.6 Å². The highest BCUT2D eigenvalue weighted by Gasteiger charge is 2.34. The first-order valence-corrected chi connectivity index (χ1v) is 28.3. The second-order valence-corrected chi connectivity index (χ2v) is 22.2. The molecule has 0 aliphatic rings. The number of aliphatic hydroxyl groups is 2. The van der Waals surface area contributed by atoms with Gasteiger partial charge in [0.2, 0.25) is 20.0 Å². The second kappa shape index (κ2) is 26.1. The zero-order valence-corrected chi connectivity index (χ0v) is 44.5. The first-order valence-electron chi connectivity index (χ1n) is 23.3. The van der Waals surface area contributed by atoms with Crippen molar-refractivity contribution in [2.45, 2.75) is 36.5 Å². The van der Waals surface area contributed by atoms with Crippen LogP contribution in [0, 0.1) is 0 Å². The number of phenols is 2. The van der Waals surface area contributed by atoms with E-state index >= 15 is 0 Å². The fourth-order valence-electron chi connectivity index (χ4n) is 7.74. The number of phenolic OH excluding ortho intramolecular Hbond substituents is 2. The third-order valence-corrected chi connectivity index (χ3v) is 13.9. The summed E-state index contributed by atoms with van der Waals surface area (Å²) < 4.78 is 86.2. The summed E-state index contributed by atoms with van der Waals surface area (Å²) in [4.78, 5) is 26.0. The Labute approximate surface area is 441 Å². The van der Waals surface area contributed by atoms with Crippen molar-refractivity contribution >= 4 is 63.6 Å². The van der Waals surface area contributed by atoms with Crippen LogP contribution >= 0.6 is 8.25 Å². The van der Waals surface area contributed by atoms with Gasteiger partial charge >= 0.3 is 8.25 Å². The number of hydrogen-bond donors (Lipinski definition) is 10. The average Bonchev–Trinajstić information content (AvgIpc) is 3.41. The van der Waals surface area contributed by atoms with Crippen LogP contribution in [0.2, 0.25) is 0 Å². The van der Waals surface area contributed by atoms with E-state index < -0.39 is 51.6 Å². The molecule has 76 heavy (non-hydrogen) atoms. The van der Waals surface area contributed by atoms with Gasteiger partial charge in [0, 0.05) is 37.6 Å². The summed E-state index contributed by atoms with van der Waals surface area (Å²) in [6, 6.07) is 35.7. The van der Waals surface area contributed by atoms with Crippen LogP contribution < -0.4 is 40.2 Å². The molecule has 0 fully saturated rings. The molecule has 6 rings (SSSR count). The highest BCUT2D eigenvalue weighted by molar-refractivity contribution is 7.92. The Bertz CT molecular complexity index is 2950. The quantitative estimate of drug-likeness (QED) is 0.0148. The van der Waals surface area contributed by atoms with Gasteiger partial charge in [0.05, 0.1) is 63.5 Å². The molecular weight excluding hydrogens is 1040 g/mol. The van der Waals surface area contributed by atoms with Gasteiger partial charge < -0.3 is 59.2 Å². The first-order chi connectivity index (χ1) is 36.2. The third-order valence-electron chi connectivity index (χ3n) is 12.0. The second-order valence-electron chi connectivity index (χ2n) is 17.7. The van der Waals surface area contributed by atoms with Crippen LogP contribution in [-0.2, 0) is 67.5 Å². The van der Waals surface area contributed by atoms with Crippen molar-refractivity contribution in [3.8, 4) is 23.0 Å². The Balaban J connectivity index is 1.02. The van der Waals surface area contributed by atoms with Crippen molar-refractivity contribution in [1.29, 1.82) is 0 Å². The molecule has 4 atom stereocenters. The van der Waals surface area contributed by atoms with E-state index in [4.69, 9.17) is 18.5 Å². The largest absolute Gasteiger partial charge is 0.506 e.